The number of hydrogen-bond acceptors (Lipinski definition) is 3. The molecule has 0 saturated heterocycles. The van der Waals surface area contributed by atoms with Crippen LogP contribution in [0.3, 0.4) is 0 Å². The molecule has 110 valence electrons. The first-order valence-corrected chi connectivity index (χ1v) is 6.48. The fraction of sp³-hybridized carbons (Fsp3) is 0.727. The van der Waals surface area contributed by atoms with Crippen molar-refractivity contribution in [2.45, 2.75) is 44.2 Å². The van der Waals surface area contributed by atoms with E-state index in [9.17, 15) is 22.2 Å². The van der Waals surface area contributed by atoms with Gasteiger partial charge < -0.3 is 4.74 Å². The minimum absolute atomic E-state index is 0.276. The Labute approximate surface area is 112 Å². The topological polar surface area (TPSA) is 55.4 Å². The summed E-state index contributed by atoms with van der Waals surface area (Å²) in [6.07, 6.45) is -0.281. The SMILES string of the molecule is C#C[C@](N[S@@](=O)C(C)(C)C)(C(=O)OCC)C(F)(F)F. The van der Waals surface area contributed by atoms with E-state index in [0.717, 1.165) is 0 Å². The van der Waals surface area contributed by atoms with Crippen molar-refractivity contribution < 1.29 is 26.9 Å². The van der Waals surface area contributed by atoms with Gasteiger partial charge in [-0.25, -0.2) is 13.7 Å². The van der Waals surface area contributed by atoms with E-state index in [1.807, 2.05) is 0 Å². The zero-order valence-electron chi connectivity index (χ0n) is 11.1. The van der Waals surface area contributed by atoms with Gasteiger partial charge in [0.1, 0.15) is 0 Å². The molecule has 0 saturated carbocycles. The van der Waals surface area contributed by atoms with Crippen LogP contribution in [0.2, 0.25) is 0 Å². The highest BCUT2D eigenvalue weighted by atomic mass is 32.2. The van der Waals surface area contributed by atoms with Crippen LogP contribution in [0.4, 0.5) is 13.2 Å². The van der Waals surface area contributed by atoms with Crippen LogP contribution in [0.15, 0.2) is 0 Å². The summed E-state index contributed by atoms with van der Waals surface area (Å²) < 4.78 is 56.0. The summed E-state index contributed by atoms with van der Waals surface area (Å²) in [4.78, 5) is 11.5. The van der Waals surface area contributed by atoms with Crippen LogP contribution < -0.4 is 4.72 Å². The molecule has 0 unspecified atom stereocenters. The van der Waals surface area contributed by atoms with Crippen LogP contribution in [0.25, 0.3) is 0 Å². The lowest BCUT2D eigenvalue weighted by Gasteiger charge is -2.31. The van der Waals surface area contributed by atoms with Gasteiger partial charge in [0.2, 0.25) is 0 Å². The zero-order valence-corrected chi connectivity index (χ0v) is 11.9. The highest BCUT2D eigenvalue weighted by molar-refractivity contribution is 7.84. The number of halogens is 3. The van der Waals surface area contributed by atoms with Crippen molar-refractivity contribution in [3.05, 3.63) is 0 Å². The van der Waals surface area contributed by atoms with Crippen molar-refractivity contribution in [3.8, 4) is 12.3 Å². The van der Waals surface area contributed by atoms with Gasteiger partial charge in [0, 0.05) is 0 Å². The normalized spacial score (nSPS) is 17.2. The second kappa shape index (κ2) is 5.92. The predicted octanol–water partition coefficient (Wildman–Crippen LogP) is 1.54. The van der Waals surface area contributed by atoms with Crippen molar-refractivity contribution in [1.82, 2.24) is 4.72 Å². The number of nitrogens with one attached hydrogen (secondary N) is 1. The molecule has 4 nitrogen and oxygen atoms in total. The molecule has 1 N–H and O–H groups in total. The van der Waals surface area contributed by atoms with Gasteiger partial charge in [-0.15, -0.1) is 6.42 Å². The first kappa shape index (κ1) is 17.9. The number of carbonyl (C=O) groups excluding carboxylic acids is 1. The van der Waals surface area contributed by atoms with E-state index in [1.165, 1.54) is 33.6 Å². The van der Waals surface area contributed by atoms with Crippen molar-refractivity contribution in [2.24, 2.45) is 0 Å². The van der Waals surface area contributed by atoms with Crippen LogP contribution >= 0.6 is 0 Å². The highest BCUT2D eigenvalue weighted by Gasteiger charge is 2.62. The highest BCUT2D eigenvalue weighted by Crippen LogP contribution is 2.32. The van der Waals surface area contributed by atoms with Crippen LogP contribution in [0.1, 0.15) is 27.7 Å². The van der Waals surface area contributed by atoms with E-state index in [4.69, 9.17) is 6.42 Å². The molecule has 0 fully saturated rings. The van der Waals surface area contributed by atoms with Crippen LogP contribution in [0, 0.1) is 12.3 Å². The lowest BCUT2D eigenvalue weighted by Crippen LogP contribution is -2.64. The lowest BCUT2D eigenvalue weighted by atomic mass is 10.0. The number of esters is 1. The van der Waals surface area contributed by atoms with Gasteiger partial charge in [0.15, 0.2) is 0 Å². The first-order valence-electron chi connectivity index (χ1n) is 5.33. The molecular weight excluding hydrogens is 283 g/mol. The fourth-order valence-corrected chi connectivity index (χ4v) is 1.76. The molecular formula is C11H16F3NO3S. The number of terminal acetylenes is 1. The Morgan fingerprint density at radius 2 is 1.84 bits per heavy atom. The Morgan fingerprint density at radius 1 is 1.37 bits per heavy atom. The third-order valence-corrected chi connectivity index (χ3v) is 3.63. The quantitative estimate of drug-likeness (QED) is 0.633. The molecule has 0 aromatic rings. The van der Waals surface area contributed by atoms with E-state index in [2.05, 4.69) is 4.74 Å². The maximum Gasteiger partial charge on any atom is 0.429 e. The molecule has 0 rings (SSSR count). The van der Waals surface area contributed by atoms with Gasteiger partial charge in [0.05, 0.1) is 22.3 Å². The molecule has 0 aliphatic heterocycles. The molecule has 0 bridgehead atoms. The van der Waals surface area contributed by atoms with E-state index in [0.29, 0.717) is 0 Å². The summed E-state index contributed by atoms with van der Waals surface area (Å²) in [5, 5.41) is 0. The average Bonchev–Trinajstić information content (AvgIpc) is 2.22. The summed E-state index contributed by atoms with van der Waals surface area (Å²) in [7, 11) is -2.19. The largest absolute Gasteiger partial charge is 0.464 e. The van der Waals surface area contributed by atoms with Gasteiger partial charge in [-0.3, -0.25) is 0 Å². The summed E-state index contributed by atoms with van der Waals surface area (Å²) in [5.74, 6) is -0.353. The van der Waals surface area contributed by atoms with Gasteiger partial charge in [-0.1, -0.05) is 5.92 Å². The smallest absolute Gasteiger partial charge is 0.429 e. The molecule has 0 radical (unpaired) electrons. The molecule has 0 heterocycles. The van der Waals surface area contributed by atoms with Crippen LogP contribution in [-0.2, 0) is 20.5 Å². The lowest BCUT2D eigenvalue weighted by molar-refractivity contribution is -0.196. The molecule has 0 aliphatic rings. The van der Waals surface area contributed by atoms with Crippen molar-refractivity contribution in [1.29, 1.82) is 0 Å². The fourth-order valence-electron chi connectivity index (χ4n) is 0.917. The third kappa shape index (κ3) is 3.94. The standard InChI is InChI=1S/C11H16F3NO3S/c1-6-10(11(12,13)14,8(16)18-7-2)15-19(17)9(3,4)5/h1,15H,7H2,2-5H3/t10-,19-/m0/s1. The Bertz CT molecular complexity index is 409. The minimum atomic E-state index is -5.13. The van der Waals surface area contributed by atoms with Crippen LogP contribution in [0.5, 0.6) is 0 Å². The molecule has 0 aliphatic carbocycles. The Morgan fingerprint density at radius 3 is 2.11 bits per heavy atom. The van der Waals surface area contributed by atoms with Crippen molar-refractivity contribution >= 4 is 17.0 Å². The molecule has 0 amide bonds. The van der Waals surface area contributed by atoms with E-state index in [-0.39, 0.29) is 6.61 Å². The molecule has 0 aromatic heterocycles. The second-order valence-corrected chi connectivity index (χ2v) is 6.56. The second-order valence-electron chi connectivity index (χ2n) is 4.60. The molecule has 2 atom stereocenters. The van der Waals surface area contributed by atoms with Gasteiger partial charge in [0.25, 0.3) is 5.54 Å². The third-order valence-electron chi connectivity index (χ3n) is 2.03. The number of ether oxygens (including phenoxy) is 1. The average molecular weight is 299 g/mol. The minimum Gasteiger partial charge on any atom is -0.464 e. The number of rotatable bonds is 4. The predicted molar refractivity (Wildman–Crippen MR) is 65.3 cm³/mol. The summed E-state index contributed by atoms with van der Waals surface area (Å²) in [6.45, 7) is 5.40. The molecule has 0 aromatic carbocycles. The monoisotopic (exact) mass is 299 g/mol. The zero-order chi connectivity index (χ0) is 15.5. The Kier molecular flexibility index (Phi) is 5.59. The summed E-state index contributed by atoms with van der Waals surface area (Å²) >= 11 is 0. The maximum atomic E-state index is 13.1. The van der Waals surface area contributed by atoms with Gasteiger partial charge >= 0.3 is 12.1 Å². The van der Waals surface area contributed by atoms with E-state index >= 15 is 0 Å². The Hall–Kier alpha value is -1.07. The number of alkyl halides is 3. The maximum absolute atomic E-state index is 13.1. The molecule has 8 heteroatoms. The molecule has 0 spiro atoms. The van der Waals surface area contributed by atoms with Crippen molar-refractivity contribution in [3.63, 3.8) is 0 Å². The van der Waals surface area contributed by atoms with E-state index < -0.39 is 33.4 Å². The van der Waals surface area contributed by atoms with E-state index in [1.54, 1.807) is 4.72 Å². The van der Waals surface area contributed by atoms with Gasteiger partial charge in [-0.2, -0.15) is 13.2 Å². The Balaban J connectivity index is 5.61. The summed E-state index contributed by atoms with van der Waals surface area (Å²) in [5.41, 5.74) is -3.42. The first-order chi connectivity index (χ1) is 8.42. The number of carbonyl (C=O) groups is 1. The van der Waals surface area contributed by atoms with Crippen LogP contribution in [-0.4, -0.2) is 33.2 Å². The molecule has 19 heavy (non-hydrogen) atoms. The van der Waals surface area contributed by atoms with Crippen molar-refractivity contribution in [2.75, 3.05) is 6.61 Å². The number of hydrogen-bond donors (Lipinski definition) is 1. The summed E-state index contributed by atoms with van der Waals surface area (Å²) in [6, 6.07) is 0. The van der Waals surface area contributed by atoms with Gasteiger partial charge in [-0.05, 0) is 27.7 Å².